The summed E-state index contributed by atoms with van der Waals surface area (Å²) in [6.07, 6.45) is 3.56. The molecule has 0 unspecified atom stereocenters. The van der Waals surface area contributed by atoms with Gasteiger partial charge in [0.25, 0.3) is 0 Å². The molecule has 0 saturated carbocycles. The van der Waals surface area contributed by atoms with E-state index in [-0.39, 0.29) is 11.9 Å². The van der Waals surface area contributed by atoms with E-state index in [0.717, 1.165) is 16.8 Å². The molecular weight excluding hydrogens is 321 g/mol. The molecule has 0 spiro atoms. The average Bonchev–Trinajstić information content (AvgIpc) is 3.01. The average molecular weight is 339 g/mol. The Morgan fingerprint density at radius 3 is 3.12 bits per heavy atom. The number of fused-ring (bicyclic) bond motifs is 2. The summed E-state index contributed by atoms with van der Waals surface area (Å²) in [5, 5.41) is 10.8. The van der Waals surface area contributed by atoms with Gasteiger partial charge in [-0.15, -0.1) is 0 Å². The second kappa shape index (κ2) is 6.08. The minimum Gasteiger partial charge on any atom is -0.491 e. The van der Waals surface area contributed by atoms with E-state index in [1.165, 1.54) is 12.1 Å². The van der Waals surface area contributed by atoms with Crippen LogP contribution >= 0.6 is 0 Å². The Labute approximate surface area is 144 Å². The Balaban J connectivity index is 1.77. The van der Waals surface area contributed by atoms with Gasteiger partial charge in [-0.3, -0.25) is 0 Å². The lowest BCUT2D eigenvalue weighted by molar-refractivity contribution is 0.282. The van der Waals surface area contributed by atoms with Crippen LogP contribution in [0.5, 0.6) is 5.75 Å². The van der Waals surface area contributed by atoms with Crippen molar-refractivity contribution in [1.29, 1.82) is 0 Å². The first kappa shape index (κ1) is 15.4. The van der Waals surface area contributed by atoms with Crippen LogP contribution in [0.3, 0.4) is 0 Å². The molecule has 0 aliphatic carbocycles. The van der Waals surface area contributed by atoms with Crippen LogP contribution in [0.25, 0.3) is 11.3 Å². The van der Waals surface area contributed by atoms with Gasteiger partial charge >= 0.3 is 0 Å². The summed E-state index contributed by atoms with van der Waals surface area (Å²) < 4.78 is 21.2. The van der Waals surface area contributed by atoms with Crippen molar-refractivity contribution in [3.05, 3.63) is 60.2 Å². The number of rotatable bonds is 0. The smallest absolute Gasteiger partial charge is 0.166 e. The maximum atomic E-state index is 13.6. The molecule has 2 aromatic heterocycles. The highest BCUT2D eigenvalue weighted by molar-refractivity contribution is 5.73. The van der Waals surface area contributed by atoms with Crippen molar-refractivity contribution in [2.24, 2.45) is 0 Å². The van der Waals surface area contributed by atoms with Crippen LogP contribution in [0.4, 0.5) is 10.2 Å². The molecule has 128 valence electrons. The number of anilines is 1. The maximum Gasteiger partial charge on any atom is 0.166 e. The van der Waals surface area contributed by atoms with Gasteiger partial charge in [-0.25, -0.2) is 13.9 Å². The van der Waals surface area contributed by atoms with Gasteiger partial charge in [-0.2, -0.15) is 5.10 Å². The summed E-state index contributed by atoms with van der Waals surface area (Å²) in [4.78, 5) is 4.61. The molecule has 0 amide bonds. The Morgan fingerprint density at radius 1 is 1.36 bits per heavy atom. The predicted molar refractivity (Wildman–Crippen MR) is 93.8 cm³/mol. The van der Waals surface area contributed by atoms with Gasteiger partial charge in [0.2, 0.25) is 0 Å². The van der Waals surface area contributed by atoms with Crippen LogP contribution in [-0.2, 0) is 6.54 Å². The topological polar surface area (TPSA) is 63.5 Å². The van der Waals surface area contributed by atoms with E-state index >= 15 is 0 Å². The molecule has 0 saturated heterocycles. The van der Waals surface area contributed by atoms with Crippen molar-refractivity contribution in [3.63, 3.8) is 0 Å². The molecule has 1 atom stereocenters. The molecule has 1 aliphatic rings. The van der Waals surface area contributed by atoms with Gasteiger partial charge in [-0.05, 0) is 31.2 Å². The van der Waals surface area contributed by atoms with Gasteiger partial charge in [0.05, 0.1) is 17.8 Å². The number of hydrogen-bond donors (Lipinski definition) is 2. The van der Waals surface area contributed by atoms with Crippen molar-refractivity contribution >= 4 is 17.2 Å². The lowest BCUT2D eigenvalue weighted by atomic mass is 10.2. The standard InChI is InChI=1S/C18H18FN5O/c1-11-10-25-16-4-3-14(19)7-13(16)8-20-17-5-6-24-18(23-17)15(9-21-24)12(2)22-11/h3-7,9,11,22H,2,8,10H2,1H3,(H,20,23)/t11-/m0/s1. The van der Waals surface area contributed by atoms with Crippen molar-refractivity contribution in [2.75, 3.05) is 11.9 Å². The number of nitrogens with one attached hydrogen (secondary N) is 2. The van der Waals surface area contributed by atoms with Crippen molar-refractivity contribution in [1.82, 2.24) is 19.9 Å². The second-order valence-corrected chi connectivity index (χ2v) is 6.08. The van der Waals surface area contributed by atoms with E-state index in [9.17, 15) is 4.39 Å². The Hall–Kier alpha value is -3.09. The first-order valence-electron chi connectivity index (χ1n) is 8.05. The highest BCUT2D eigenvalue weighted by Crippen LogP contribution is 2.23. The normalized spacial score (nSPS) is 17.5. The Morgan fingerprint density at radius 2 is 2.24 bits per heavy atom. The zero-order valence-corrected chi connectivity index (χ0v) is 13.8. The molecule has 0 fully saturated rings. The van der Waals surface area contributed by atoms with Crippen LogP contribution < -0.4 is 15.4 Å². The molecule has 4 rings (SSSR count). The van der Waals surface area contributed by atoms with Gasteiger partial charge in [0, 0.05) is 24.0 Å². The van der Waals surface area contributed by atoms with Gasteiger partial charge in [0.15, 0.2) is 5.65 Å². The maximum absolute atomic E-state index is 13.6. The molecule has 2 N–H and O–H groups in total. The van der Waals surface area contributed by atoms with Crippen LogP contribution in [0.1, 0.15) is 18.1 Å². The molecular formula is C18H18FN5O. The van der Waals surface area contributed by atoms with E-state index in [1.807, 2.05) is 19.2 Å². The number of hydrogen-bond acceptors (Lipinski definition) is 5. The number of benzene rings is 1. The molecule has 25 heavy (non-hydrogen) atoms. The number of ether oxygens (including phenoxy) is 1. The summed E-state index contributed by atoms with van der Waals surface area (Å²) in [7, 11) is 0. The largest absolute Gasteiger partial charge is 0.491 e. The Kier molecular flexibility index (Phi) is 3.76. The highest BCUT2D eigenvalue weighted by atomic mass is 19.1. The quantitative estimate of drug-likeness (QED) is 0.659. The second-order valence-electron chi connectivity index (χ2n) is 6.08. The van der Waals surface area contributed by atoms with Crippen molar-refractivity contribution < 1.29 is 9.13 Å². The SMILES string of the molecule is C=C1N[C@@H](C)COc2ccc(F)cc2CNc2ccn3ncc1c3n2. The van der Waals surface area contributed by atoms with Gasteiger partial charge < -0.3 is 15.4 Å². The zero-order chi connectivity index (χ0) is 17.4. The summed E-state index contributed by atoms with van der Waals surface area (Å²) in [5.41, 5.74) is 3.00. The number of nitrogens with zero attached hydrogens (tertiary/aromatic N) is 3. The van der Waals surface area contributed by atoms with E-state index < -0.39 is 0 Å². The fourth-order valence-electron chi connectivity index (χ4n) is 2.82. The molecule has 2 bridgehead atoms. The minimum absolute atomic E-state index is 0.0113. The summed E-state index contributed by atoms with van der Waals surface area (Å²) in [6.45, 7) is 6.92. The lowest BCUT2D eigenvalue weighted by Crippen LogP contribution is -2.30. The van der Waals surface area contributed by atoms with E-state index in [1.54, 1.807) is 16.8 Å². The summed E-state index contributed by atoms with van der Waals surface area (Å²) in [6, 6.07) is 6.36. The van der Waals surface area contributed by atoms with E-state index in [2.05, 4.69) is 27.3 Å². The molecule has 3 aromatic rings. The molecule has 1 aliphatic heterocycles. The predicted octanol–water partition coefficient (Wildman–Crippen LogP) is 2.82. The van der Waals surface area contributed by atoms with Crippen LogP contribution in [0, 0.1) is 5.82 Å². The van der Waals surface area contributed by atoms with E-state index in [4.69, 9.17) is 4.74 Å². The van der Waals surface area contributed by atoms with Crippen molar-refractivity contribution in [2.45, 2.75) is 19.5 Å². The van der Waals surface area contributed by atoms with Crippen LogP contribution in [0.2, 0.25) is 0 Å². The minimum atomic E-state index is -0.297. The van der Waals surface area contributed by atoms with Gasteiger partial charge in [0.1, 0.15) is 24.0 Å². The molecule has 7 heteroatoms. The Bertz CT molecular complexity index is 952. The third-order valence-electron chi connectivity index (χ3n) is 4.09. The van der Waals surface area contributed by atoms with Gasteiger partial charge in [-0.1, -0.05) is 6.58 Å². The third-order valence-corrected chi connectivity index (χ3v) is 4.09. The number of aromatic nitrogens is 3. The first-order valence-corrected chi connectivity index (χ1v) is 8.05. The molecule has 6 nitrogen and oxygen atoms in total. The zero-order valence-electron chi connectivity index (χ0n) is 13.8. The number of halogens is 1. The fraction of sp³-hybridized carbons (Fsp3) is 0.222. The molecule has 1 aromatic carbocycles. The summed E-state index contributed by atoms with van der Waals surface area (Å²) in [5.74, 6) is 1.02. The van der Waals surface area contributed by atoms with E-state index in [0.29, 0.717) is 30.4 Å². The molecule has 3 heterocycles. The third kappa shape index (κ3) is 3.00. The fourth-order valence-corrected chi connectivity index (χ4v) is 2.82. The van der Waals surface area contributed by atoms with Crippen LogP contribution in [-0.4, -0.2) is 27.2 Å². The first-order chi connectivity index (χ1) is 12.1. The summed E-state index contributed by atoms with van der Waals surface area (Å²) >= 11 is 0. The lowest BCUT2D eigenvalue weighted by Gasteiger charge is -2.18. The highest BCUT2D eigenvalue weighted by Gasteiger charge is 2.15. The van der Waals surface area contributed by atoms with Crippen molar-refractivity contribution in [3.8, 4) is 5.75 Å². The monoisotopic (exact) mass is 339 g/mol. The molecule has 0 radical (unpaired) electrons. The van der Waals surface area contributed by atoms with Crippen LogP contribution in [0.15, 0.2) is 43.2 Å².